The van der Waals surface area contributed by atoms with E-state index in [0.29, 0.717) is 29.4 Å². The number of benzene rings is 1. The van der Waals surface area contributed by atoms with E-state index in [2.05, 4.69) is 15.3 Å². The average molecular weight is 409 g/mol. The first kappa shape index (κ1) is 19.2. The van der Waals surface area contributed by atoms with Crippen LogP contribution in [0, 0.1) is 0 Å². The average Bonchev–Trinajstić information content (AvgIpc) is 3.44. The van der Waals surface area contributed by atoms with Crippen molar-refractivity contribution in [3.8, 4) is 17.1 Å². The minimum Gasteiger partial charge on any atom is -0.484 e. The number of hydrogen-bond donors (Lipinski definition) is 2. The molecule has 0 saturated carbocycles. The van der Waals surface area contributed by atoms with Crippen molar-refractivity contribution in [3.63, 3.8) is 0 Å². The number of fused-ring (bicyclic) bond motifs is 1. The number of nitrogens with zero attached hydrogens (tertiary/aromatic N) is 3. The van der Waals surface area contributed by atoms with Crippen molar-refractivity contribution in [2.24, 2.45) is 14.1 Å². The Kier molecular flexibility index (Phi) is 4.97. The van der Waals surface area contributed by atoms with Gasteiger partial charge >= 0.3 is 5.69 Å². The molecule has 0 bridgehead atoms. The molecule has 10 nitrogen and oxygen atoms in total. The largest absolute Gasteiger partial charge is 0.484 e. The highest BCUT2D eigenvalue weighted by Gasteiger charge is 2.14. The molecule has 0 spiro atoms. The summed E-state index contributed by atoms with van der Waals surface area (Å²) >= 11 is 0. The molecule has 0 fully saturated rings. The molecule has 0 radical (unpaired) electrons. The Bertz CT molecular complexity index is 1310. The number of aromatic nitrogens is 4. The minimum atomic E-state index is -0.445. The van der Waals surface area contributed by atoms with Gasteiger partial charge in [0, 0.05) is 19.7 Å². The number of aryl methyl sites for hydroxylation is 1. The number of ether oxygens (including phenoxy) is 1. The quantitative estimate of drug-likeness (QED) is 0.488. The molecule has 2 N–H and O–H groups in total. The lowest BCUT2D eigenvalue weighted by Gasteiger charge is -2.07. The zero-order valence-electron chi connectivity index (χ0n) is 16.3. The van der Waals surface area contributed by atoms with Gasteiger partial charge in [0.15, 0.2) is 12.3 Å². The molecule has 30 heavy (non-hydrogen) atoms. The fourth-order valence-corrected chi connectivity index (χ4v) is 2.97. The summed E-state index contributed by atoms with van der Waals surface area (Å²) < 4.78 is 13.0. The van der Waals surface area contributed by atoms with Gasteiger partial charge in [0.1, 0.15) is 22.9 Å². The van der Waals surface area contributed by atoms with E-state index in [1.54, 1.807) is 49.7 Å². The van der Waals surface area contributed by atoms with Crippen LogP contribution in [0.3, 0.4) is 0 Å². The van der Waals surface area contributed by atoms with Gasteiger partial charge in [-0.05, 0) is 36.4 Å². The number of H-pyrrole nitrogens is 1. The summed E-state index contributed by atoms with van der Waals surface area (Å²) in [7, 11) is 2.98. The Morgan fingerprint density at radius 3 is 2.63 bits per heavy atom. The van der Waals surface area contributed by atoms with Crippen LogP contribution in [-0.4, -0.2) is 31.6 Å². The second-order valence-electron chi connectivity index (χ2n) is 6.66. The maximum Gasteiger partial charge on any atom is 0.332 e. The molecule has 4 rings (SSSR count). The number of nitrogens with one attached hydrogen (secondary N) is 2. The van der Waals surface area contributed by atoms with E-state index < -0.39 is 11.2 Å². The third kappa shape index (κ3) is 3.62. The second-order valence-corrected chi connectivity index (χ2v) is 6.66. The van der Waals surface area contributed by atoms with Gasteiger partial charge in [-0.25, -0.2) is 9.78 Å². The molecule has 3 aromatic heterocycles. The fraction of sp³-hybridized carbons (Fsp3) is 0.200. The summed E-state index contributed by atoms with van der Waals surface area (Å²) in [6, 6.07) is 10.4. The summed E-state index contributed by atoms with van der Waals surface area (Å²) in [5, 5.41) is 2.69. The van der Waals surface area contributed by atoms with Crippen LogP contribution in [0.25, 0.3) is 22.6 Å². The molecule has 154 valence electrons. The van der Waals surface area contributed by atoms with Gasteiger partial charge in [-0.2, -0.15) is 0 Å². The third-order valence-corrected chi connectivity index (χ3v) is 4.63. The van der Waals surface area contributed by atoms with Crippen LogP contribution in [-0.2, 0) is 25.4 Å². The predicted molar refractivity (Wildman–Crippen MR) is 108 cm³/mol. The van der Waals surface area contributed by atoms with Gasteiger partial charge in [-0.15, -0.1) is 0 Å². The molecule has 0 aliphatic heterocycles. The molecule has 0 aliphatic rings. The summed E-state index contributed by atoms with van der Waals surface area (Å²) in [5.74, 6) is 1.34. The van der Waals surface area contributed by atoms with Crippen molar-refractivity contribution >= 4 is 17.1 Å². The minimum absolute atomic E-state index is 0.136. The van der Waals surface area contributed by atoms with E-state index in [1.807, 2.05) is 0 Å². The molecule has 4 aromatic rings. The third-order valence-electron chi connectivity index (χ3n) is 4.63. The number of furan rings is 1. The van der Waals surface area contributed by atoms with E-state index in [0.717, 1.165) is 4.57 Å². The number of amides is 1. The molecule has 3 heterocycles. The number of rotatable bonds is 6. The first-order valence-corrected chi connectivity index (χ1v) is 9.12. The smallest absolute Gasteiger partial charge is 0.332 e. The van der Waals surface area contributed by atoms with Gasteiger partial charge in [-0.3, -0.25) is 18.7 Å². The summed E-state index contributed by atoms with van der Waals surface area (Å²) in [5.41, 5.74) is 0.358. The Labute approximate surface area is 169 Å². The zero-order chi connectivity index (χ0) is 21.3. The van der Waals surface area contributed by atoms with E-state index >= 15 is 0 Å². The van der Waals surface area contributed by atoms with Crippen LogP contribution in [0.1, 0.15) is 5.76 Å². The summed E-state index contributed by atoms with van der Waals surface area (Å²) in [6.45, 7) is 0.158. The maximum atomic E-state index is 12.3. The van der Waals surface area contributed by atoms with Gasteiger partial charge in [0.2, 0.25) is 0 Å². The number of hydrogen-bond acceptors (Lipinski definition) is 6. The first-order chi connectivity index (χ1) is 14.4. The molecular formula is C20H19N5O5. The van der Waals surface area contributed by atoms with Crippen LogP contribution in [0.2, 0.25) is 0 Å². The summed E-state index contributed by atoms with van der Waals surface area (Å²) in [4.78, 5) is 43.6. The topological polar surface area (TPSA) is 124 Å². The first-order valence-electron chi connectivity index (χ1n) is 9.12. The number of carbonyl (C=O) groups excluding carboxylic acids is 1. The van der Waals surface area contributed by atoms with E-state index in [9.17, 15) is 14.4 Å². The van der Waals surface area contributed by atoms with Gasteiger partial charge < -0.3 is 19.5 Å². The van der Waals surface area contributed by atoms with Gasteiger partial charge in [0.05, 0.1) is 12.8 Å². The van der Waals surface area contributed by atoms with Crippen LogP contribution in [0.15, 0.2) is 56.7 Å². The Hall–Kier alpha value is -4.08. The van der Waals surface area contributed by atoms with E-state index in [-0.39, 0.29) is 23.7 Å². The molecule has 0 unspecified atom stereocenters. The van der Waals surface area contributed by atoms with Gasteiger partial charge in [-0.1, -0.05) is 0 Å². The van der Waals surface area contributed by atoms with E-state index in [4.69, 9.17) is 9.15 Å². The highest BCUT2D eigenvalue weighted by Crippen LogP contribution is 2.21. The van der Waals surface area contributed by atoms with Crippen LogP contribution < -0.4 is 21.3 Å². The molecule has 1 amide bonds. The second kappa shape index (κ2) is 7.74. The predicted octanol–water partition coefficient (Wildman–Crippen LogP) is 0.915. The van der Waals surface area contributed by atoms with Gasteiger partial charge in [0.25, 0.3) is 11.5 Å². The van der Waals surface area contributed by atoms with Crippen molar-refractivity contribution in [1.29, 1.82) is 0 Å². The van der Waals surface area contributed by atoms with Crippen molar-refractivity contribution in [1.82, 2.24) is 24.4 Å². The monoisotopic (exact) mass is 409 g/mol. The Morgan fingerprint density at radius 1 is 1.17 bits per heavy atom. The summed E-state index contributed by atoms with van der Waals surface area (Å²) in [6.07, 6.45) is 1.54. The van der Waals surface area contributed by atoms with Crippen molar-refractivity contribution in [3.05, 3.63) is 69.3 Å². The van der Waals surface area contributed by atoms with Crippen LogP contribution in [0.5, 0.6) is 5.75 Å². The number of carbonyl (C=O) groups is 1. The number of imidazole rings is 1. The SMILES string of the molecule is Cn1c(=O)c2[nH]c(-c3ccc(OCC(=O)NCc4ccco4)cc3)nc2n(C)c1=O. The standard InChI is InChI=1S/C20H19N5O5/c1-24-18-16(19(27)25(2)20(24)28)22-17(23-18)12-5-7-13(8-6-12)30-11-15(26)21-10-14-4-3-9-29-14/h3-9H,10-11H2,1-2H3,(H,21,26)(H,22,23). The van der Waals surface area contributed by atoms with Crippen LogP contribution in [0.4, 0.5) is 0 Å². The molecule has 10 heteroatoms. The zero-order valence-corrected chi connectivity index (χ0v) is 16.3. The van der Waals surface area contributed by atoms with Crippen molar-refractivity contribution in [2.45, 2.75) is 6.54 Å². The molecule has 1 aromatic carbocycles. The molecule has 0 atom stereocenters. The highest BCUT2D eigenvalue weighted by atomic mass is 16.5. The molecular weight excluding hydrogens is 390 g/mol. The lowest BCUT2D eigenvalue weighted by molar-refractivity contribution is -0.123. The van der Waals surface area contributed by atoms with Crippen molar-refractivity contribution < 1.29 is 13.9 Å². The normalized spacial score (nSPS) is 11.0. The van der Waals surface area contributed by atoms with Crippen molar-refractivity contribution in [2.75, 3.05) is 6.61 Å². The molecule has 0 saturated heterocycles. The lowest BCUT2D eigenvalue weighted by atomic mass is 10.2. The highest BCUT2D eigenvalue weighted by molar-refractivity contribution is 5.77. The molecule has 0 aliphatic carbocycles. The lowest BCUT2D eigenvalue weighted by Crippen LogP contribution is -2.36. The Balaban J connectivity index is 1.45. The number of aromatic amines is 1. The van der Waals surface area contributed by atoms with E-state index in [1.165, 1.54) is 11.6 Å². The van der Waals surface area contributed by atoms with Crippen LogP contribution >= 0.6 is 0 Å². The fourth-order valence-electron chi connectivity index (χ4n) is 2.97. The Morgan fingerprint density at radius 2 is 1.93 bits per heavy atom. The maximum absolute atomic E-state index is 12.3.